The summed E-state index contributed by atoms with van der Waals surface area (Å²) in [7, 11) is 0. The fraction of sp³-hybridized carbons (Fsp3) is 0.350. The molecule has 2 aromatic carbocycles. The molecule has 0 aromatic heterocycles. The first-order valence-electron chi connectivity index (χ1n) is 8.49. The molecule has 1 amide bonds. The van der Waals surface area contributed by atoms with Gasteiger partial charge in [0.05, 0.1) is 5.56 Å². The van der Waals surface area contributed by atoms with E-state index in [1.165, 1.54) is 11.1 Å². The third kappa shape index (κ3) is 2.23. The lowest BCUT2D eigenvalue weighted by Gasteiger charge is -2.51. The molecule has 0 saturated heterocycles. The number of hydrogen-bond acceptors (Lipinski definition) is 2. The van der Waals surface area contributed by atoms with Crippen LogP contribution in [0.15, 0.2) is 48.5 Å². The van der Waals surface area contributed by atoms with Crippen molar-refractivity contribution in [2.45, 2.75) is 38.3 Å². The number of carbonyl (C=O) groups is 1. The number of amides is 1. The van der Waals surface area contributed by atoms with Gasteiger partial charge in [0.25, 0.3) is 5.91 Å². The number of para-hydroxylation sites is 1. The van der Waals surface area contributed by atoms with Crippen molar-refractivity contribution in [3.05, 3.63) is 65.2 Å². The monoisotopic (exact) mass is 306 g/mol. The molecule has 3 nitrogen and oxygen atoms in total. The van der Waals surface area contributed by atoms with E-state index in [-0.39, 0.29) is 11.6 Å². The van der Waals surface area contributed by atoms with E-state index in [1.807, 2.05) is 24.3 Å². The first-order valence-corrected chi connectivity index (χ1v) is 8.49. The van der Waals surface area contributed by atoms with Gasteiger partial charge >= 0.3 is 0 Å². The first-order chi connectivity index (χ1) is 11.2. The number of fused-ring (bicyclic) bond motifs is 2. The quantitative estimate of drug-likeness (QED) is 0.914. The Balaban J connectivity index is 1.79. The van der Waals surface area contributed by atoms with Gasteiger partial charge in [-0.05, 0) is 42.5 Å². The SMILES string of the molecule is CCCN1C(=O)c2ccccc2N[C@]12CCc1ccccc1C2. The third-order valence-corrected chi connectivity index (χ3v) is 5.14. The molecule has 1 heterocycles. The van der Waals surface area contributed by atoms with E-state index in [0.29, 0.717) is 0 Å². The summed E-state index contributed by atoms with van der Waals surface area (Å²) in [6.45, 7) is 2.93. The maximum Gasteiger partial charge on any atom is 0.257 e. The van der Waals surface area contributed by atoms with E-state index < -0.39 is 0 Å². The standard InChI is InChI=1S/C20H22N2O/c1-2-13-22-19(23)17-9-5-6-10-18(17)21-20(22)12-11-15-7-3-4-8-16(15)14-20/h3-10,21H,2,11-14H2,1H3/t20-/m1/s1. The van der Waals surface area contributed by atoms with Gasteiger partial charge in [0.1, 0.15) is 5.66 Å². The molecule has 0 fully saturated rings. The maximum absolute atomic E-state index is 13.1. The number of aryl methyl sites for hydroxylation is 1. The highest BCUT2D eigenvalue weighted by atomic mass is 16.2. The second kappa shape index (κ2) is 5.41. The molecule has 1 aliphatic carbocycles. The van der Waals surface area contributed by atoms with Crippen LogP contribution >= 0.6 is 0 Å². The Morgan fingerprint density at radius 1 is 1.09 bits per heavy atom. The molecule has 0 radical (unpaired) electrons. The van der Waals surface area contributed by atoms with E-state index in [1.54, 1.807) is 0 Å². The molecule has 2 aliphatic rings. The van der Waals surface area contributed by atoms with Crippen LogP contribution in [0.25, 0.3) is 0 Å². The van der Waals surface area contributed by atoms with E-state index in [0.717, 1.165) is 43.5 Å². The predicted octanol–water partition coefficient (Wildman–Crippen LogP) is 3.85. The van der Waals surface area contributed by atoms with Crippen molar-refractivity contribution in [2.24, 2.45) is 0 Å². The lowest BCUT2D eigenvalue weighted by molar-refractivity contribution is 0.0467. The highest BCUT2D eigenvalue weighted by Crippen LogP contribution is 2.39. The van der Waals surface area contributed by atoms with Gasteiger partial charge in [0, 0.05) is 18.7 Å². The molecule has 1 spiro atoms. The summed E-state index contributed by atoms with van der Waals surface area (Å²) in [6.07, 6.45) is 3.82. The summed E-state index contributed by atoms with van der Waals surface area (Å²) < 4.78 is 0. The van der Waals surface area contributed by atoms with Crippen molar-refractivity contribution < 1.29 is 4.79 Å². The average Bonchev–Trinajstić information content (AvgIpc) is 2.59. The third-order valence-electron chi connectivity index (χ3n) is 5.14. The minimum atomic E-state index is -0.282. The number of rotatable bonds is 2. The highest BCUT2D eigenvalue weighted by molar-refractivity contribution is 6.02. The number of anilines is 1. The Bertz CT molecular complexity index is 755. The van der Waals surface area contributed by atoms with Crippen molar-refractivity contribution in [1.82, 2.24) is 4.90 Å². The zero-order chi connectivity index (χ0) is 15.9. The summed E-state index contributed by atoms with van der Waals surface area (Å²) in [5, 5.41) is 3.72. The zero-order valence-electron chi connectivity index (χ0n) is 13.5. The van der Waals surface area contributed by atoms with Gasteiger partial charge in [0.15, 0.2) is 0 Å². The number of carbonyl (C=O) groups excluding carboxylic acids is 1. The van der Waals surface area contributed by atoms with Crippen molar-refractivity contribution in [3.8, 4) is 0 Å². The number of hydrogen-bond donors (Lipinski definition) is 1. The number of nitrogens with zero attached hydrogens (tertiary/aromatic N) is 1. The lowest BCUT2D eigenvalue weighted by atomic mass is 9.80. The molecule has 1 aliphatic heterocycles. The summed E-state index contributed by atoms with van der Waals surface area (Å²) in [5.41, 5.74) is 4.27. The molecule has 0 saturated carbocycles. The van der Waals surface area contributed by atoms with Crippen molar-refractivity contribution in [3.63, 3.8) is 0 Å². The fourth-order valence-corrected chi connectivity index (χ4v) is 4.03. The van der Waals surface area contributed by atoms with Gasteiger partial charge in [-0.3, -0.25) is 4.79 Å². The van der Waals surface area contributed by atoms with E-state index >= 15 is 0 Å². The summed E-state index contributed by atoms with van der Waals surface area (Å²) in [6, 6.07) is 16.5. The number of nitrogens with one attached hydrogen (secondary N) is 1. The normalized spacial score (nSPS) is 22.5. The lowest BCUT2D eigenvalue weighted by Crippen LogP contribution is -2.62. The van der Waals surface area contributed by atoms with Gasteiger partial charge in [0.2, 0.25) is 0 Å². The number of benzene rings is 2. The van der Waals surface area contributed by atoms with Crippen LogP contribution in [-0.2, 0) is 12.8 Å². The van der Waals surface area contributed by atoms with Gasteiger partial charge in [-0.15, -0.1) is 0 Å². The smallest absolute Gasteiger partial charge is 0.257 e. The van der Waals surface area contributed by atoms with E-state index in [2.05, 4.69) is 41.4 Å². The molecule has 2 aromatic rings. The van der Waals surface area contributed by atoms with Gasteiger partial charge in [-0.2, -0.15) is 0 Å². The largest absolute Gasteiger partial charge is 0.362 e. The Labute approximate surface area is 137 Å². The first kappa shape index (κ1) is 14.3. The molecule has 118 valence electrons. The Morgan fingerprint density at radius 2 is 1.83 bits per heavy atom. The Hall–Kier alpha value is -2.29. The minimum absolute atomic E-state index is 0.167. The molecule has 4 rings (SSSR count). The minimum Gasteiger partial charge on any atom is -0.362 e. The van der Waals surface area contributed by atoms with Crippen molar-refractivity contribution >= 4 is 11.6 Å². The maximum atomic E-state index is 13.1. The molecule has 23 heavy (non-hydrogen) atoms. The summed E-state index contributed by atoms with van der Waals surface area (Å²) >= 11 is 0. The van der Waals surface area contributed by atoms with Gasteiger partial charge < -0.3 is 10.2 Å². The fourth-order valence-electron chi connectivity index (χ4n) is 4.03. The molecular weight excluding hydrogens is 284 g/mol. The van der Waals surface area contributed by atoms with Crippen molar-refractivity contribution in [1.29, 1.82) is 0 Å². The summed E-state index contributed by atoms with van der Waals surface area (Å²) in [5.74, 6) is 0.167. The van der Waals surface area contributed by atoms with Crippen LogP contribution < -0.4 is 5.32 Å². The highest BCUT2D eigenvalue weighted by Gasteiger charge is 2.45. The molecule has 0 bridgehead atoms. The molecule has 3 heteroatoms. The molecular formula is C20H22N2O. The zero-order valence-corrected chi connectivity index (χ0v) is 13.5. The Kier molecular flexibility index (Phi) is 3.37. The molecule has 1 atom stereocenters. The van der Waals surface area contributed by atoms with E-state index in [9.17, 15) is 4.79 Å². The van der Waals surface area contributed by atoms with Crippen LogP contribution in [-0.4, -0.2) is 23.0 Å². The second-order valence-corrected chi connectivity index (χ2v) is 6.60. The molecule has 0 unspecified atom stereocenters. The predicted molar refractivity (Wildman–Crippen MR) is 92.6 cm³/mol. The summed E-state index contributed by atoms with van der Waals surface area (Å²) in [4.78, 5) is 15.2. The average molecular weight is 306 g/mol. The topological polar surface area (TPSA) is 32.3 Å². The van der Waals surface area contributed by atoms with Crippen LogP contribution in [0.5, 0.6) is 0 Å². The van der Waals surface area contributed by atoms with Crippen LogP contribution in [0.1, 0.15) is 41.3 Å². The van der Waals surface area contributed by atoms with E-state index in [4.69, 9.17) is 0 Å². The van der Waals surface area contributed by atoms with Crippen molar-refractivity contribution in [2.75, 3.05) is 11.9 Å². The van der Waals surface area contributed by atoms with Crippen LogP contribution in [0, 0.1) is 0 Å². The second-order valence-electron chi connectivity index (χ2n) is 6.60. The molecule has 1 N–H and O–H groups in total. The Morgan fingerprint density at radius 3 is 2.65 bits per heavy atom. The van der Waals surface area contributed by atoms with Crippen LogP contribution in [0.2, 0.25) is 0 Å². The van der Waals surface area contributed by atoms with Crippen LogP contribution in [0.4, 0.5) is 5.69 Å². The van der Waals surface area contributed by atoms with Crippen LogP contribution in [0.3, 0.4) is 0 Å². The van der Waals surface area contributed by atoms with Gasteiger partial charge in [-0.1, -0.05) is 43.3 Å². The van der Waals surface area contributed by atoms with Gasteiger partial charge in [-0.25, -0.2) is 0 Å².